The fourth-order valence-electron chi connectivity index (χ4n) is 4.84. The van der Waals surface area contributed by atoms with Gasteiger partial charge in [0, 0.05) is 12.3 Å². The summed E-state index contributed by atoms with van der Waals surface area (Å²) in [4.78, 5) is 31.6. The van der Waals surface area contributed by atoms with Crippen LogP contribution in [-0.2, 0) is 29.7 Å². The van der Waals surface area contributed by atoms with Crippen LogP contribution in [0.4, 0.5) is 11.5 Å². The van der Waals surface area contributed by atoms with E-state index in [1.54, 1.807) is 37.7 Å². The SMILES string of the molecule is COc1ccc(C[C@@H](C(=O)OP(N)(=O)OC[C@H]2C=C[C@@H](n3cnc4c(N)ncnc43)C2)N(OC)c2ccccc2)cc1. The van der Waals surface area contributed by atoms with E-state index in [4.69, 9.17) is 29.9 Å². The first kappa shape index (κ1) is 29.2. The van der Waals surface area contributed by atoms with Gasteiger partial charge in [-0.3, -0.25) is 9.36 Å². The smallest absolute Gasteiger partial charge is 0.458 e. The Bertz CT molecular complexity index is 1600. The highest BCUT2D eigenvalue weighted by molar-refractivity contribution is 7.51. The number of nitrogens with two attached hydrogens (primary N) is 2. The molecular formula is C28H32N7O6P. The monoisotopic (exact) mass is 593 g/mol. The minimum Gasteiger partial charge on any atom is -0.497 e. The number of carbonyl (C=O) groups excluding carboxylic acids is 1. The Morgan fingerprint density at radius 3 is 2.57 bits per heavy atom. The van der Waals surface area contributed by atoms with Crippen LogP contribution in [0.5, 0.6) is 5.75 Å². The van der Waals surface area contributed by atoms with E-state index in [0.29, 0.717) is 34.8 Å². The van der Waals surface area contributed by atoms with Gasteiger partial charge in [-0.1, -0.05) is 42.5 Å². The number of methoxy groups -OCH3 is 1. The number of aromatic nitrogens is 4. The molecule has 2 aromatic carbocycles. The van der Waals surface area contributed by atoms with Crippen LogP contribution in [-0.4, -0.2) is 52.4 Å². The van der Waals surface area contributed by atoms with Crippen LogP contribution in [0, 0.1) is 5.92 Å². The summed E-state index contributed by atoms with van der Waals surface area (Å²) < 4.78 is 31.1. The molecule has 0 amide bonds. The van der Waals surface area contributed by atoms with Crippen molar-refractivity contribution in [3.05, 3.63) is 85.0 Å². The number of carbonyl (C=O) groups is 1. The lowest BCUT2D eigenvalue weighted by Gasteiger charge is -2.30. The molecule has 13 nitrogen and oxygen atoms in total. The van der Waals surface area contributed by atoms with E-state index in [1.807, 2.05) is 47.1 Å². The van der Waals surface area contributed by atoms with E-state index in [-0.39, 0.29) is 25.0 Å². The number of nitrogen functional groups attached to an aromatic ring is 1. The van der Waals surface area contributed by atoms with Crippen molar-refractivity contribution in [3.63, 3.8) is 0 Å². The summed E-state index contributed by atoms with van der Waals surface area (Å²) in [6.07, 6.45) is 7.72. The zero-order valence-corrected chi connectivity index (χ0v) is 24.0. The summed E-state index contributed by atoms with van der Waals surface area (Å²) in [5.41, 5.74) is 14.3. The molecule has 0 aliphatic heterocycles. The summed E-state index contributed by atoms with van der Waals surface area (Å²) in [5.74, 6) is -0.0243. The van der Waals surface area contributed by atoms with Crippen molar-refractivity contribution in [1.82, 2.24) is 19.5 Å². The molecular weight excluding hydrogens is 561 g/mol. The molecule has 0 spiro atoms. The summed E-state index contributed by atoms with van der Waals surface area (Å²) in [7, 11) is -1.27. The average Bonchev–Trinajstić information content (AvgIpc) is 3.65. The highest BCUT2D eigenvalue weighted by atomic mass is 31.2. The van der Waals surface area contributed by atoms with Gasteiger partial charge in [-0.15, -0.1) is 0 Å². The molecule has 1 unspecified atom stereocenters. The van der Waals surface area contributed by atoms with Crippen molar-refractivity contribution < 1.29 is 28.0 Å². The van der Waals surface area contributed by atoms with Crippen LogP contribution in [0.3, 0.4) is 0 Å². The molecule has 4 aromatic rings. The zero-order chi connectivity index (χ0) is 29.7. The number of hydrogen-bond donors (Lipinski definition) is 2. The Labute approximate surface area is 242 Å². The molecule has 4 N–H and O–H groups in total. The average molecular weight is 594 g/mol. The lowest BCUT2D eigenvalue weighted by atomic mass is 10.1. The molecule has 2 aromatic heterocycles. The lowest BCUT2D eigenvalue weighted by Crippen LogP contribution is -2.43. The minimum absolute atomic E-state index is 0.0202. The quantitative estimate of drug-likeness (QED) is 0.138. The van der Waals surface area contributed by atoms with Gasteiger partial charge in [-0.05, 0) is 36.2 Å². The van der Waals surface area contributed by atoms with E-state index >= 15 is 0 Å². The van der Waals surface area contributed by atoms with E-state index in [9.17, 15) is 9.36 Å². The predicted octanol–water partition coefficient (Wildman–Crippen LogP) is 3.84. The molecule has 0 saturated carbocycles. The second-order valence-corrected chi connectivity index (χ2v) is 11.2. The van der Waals surface area contributed by atoms with Gasteiger partial charge in [-0.25, -0.2) is 34.9 Å². The van der Waals surface area contributed by atoms with Crippen LogP contribution in [0.1, 0.15) is 18.0 Å². The summed E-state index contributed by atoms with van der Waals surface area (Å²) in [6, 6.07) is 15.1. The second-order valence-electron chi connectivity index (χ2n) is 9.69. The highest BCUT2D eigenvalue weighted by Crippen LogP contribution is 2.42. The van der Waals surface area contributed by atoms with E-state index in [2.05, 4.69) is 15.0 Å². The largest absolute Gasteiger partial charge is 0.497 e. The van der Waals surface area contributed by atoms with E-state index < -0.39 is 19.8 Å². The normalized spacial score (nSPS) is 18.5. The van der Waals surface area contributed by atoms with Gasteiger partial charge >= 0.3 is 13.7 Å². The number of benzene rings is 2. The first-order valence-corrected chi connectivity index (χ1v) is 14.8. The third-order valence-corrected chi connectivity index (χ3v) is 7.87. The van der Waals surface area contributed by atoms with Crippen LogP contribution in [0.25, 0.3) is 11.2 Å². The molecule has 220 valence electrons. The fourth-order valence-corrected chi connectivity index (χ4v) is 5.67. The van der Waals surface area contributed by atoms with Crippen molar-refractivity contribution in [2.75, 3.05) is 31.6 Å². The predicted molar refractivity (Wildman–Crippen MR) is 156 cm³/mol. The Balaban J connectivity index is 1.25. The van der Waals surface area contributed by atoms with E-state index in [0.717, 1.165) is 5.56 Å². The number of hydrogen-bond acceptors (Lipinski definition) is 11. The first-order chi connectivity index (χ1) is 20.3. The summed E-state index contributed by atoms with van der Waals surface area (Å²) in [6.45, 7) is -0.0202. The molecule has 5 rings (SSSR count). The third-order valence-electron chi connectivity index (χ3n) is 6.93. The van der Waals surface area contributed by atoms with Crippen molar-refractivity contribution in [2.24, 2.45) is 11.4 Å². The molecule has 0 saturated heterocycles. The molecule has 14 heteroatoms. The van der Waals surface area contributed by atoms with Gasteiger partial charge in [0.1, 0.15) is 17.6 Å². The molecule has 0 fully saturated rings. The number of rotatable bonds is 12. The van der Waals surface area contributed by atoms with Crippen molar-refractivity contribution in [2.45, 2.75) is 24.9 Å². The first-order valence-electron chi connectivity index (χ1n) is 13.2. The Morgan fingerprint density at radius 1 is 1.10 bits per heavy atom. The molecule has 1 aliphatic rings. The fraction of sp³-hybridized carbons (Fsp3) is 0.286. The number of anilines is 2. The van der Waals surface area contributed by atoms with Gasteiger partial charge in [0.15, 0.2) is 17.5 Å². The Kier molecular flexibility index (Phi) is 8.83. The lowest BCUT2D eigenvalue weighted by molar-refractivity contribution is -0.138. The summed E-state index contributed by atoms with van der Waals surface area (Å²) >= 11 is 0. The topological polar surface area (TPSA) is 170 Å². The number of nitrogens with zero attached hydrogens (tertiary/aromatic N) is 5. The maximum absolute atomic E-state index is 13.5. The number of para-hydroxylation sites is 1. The molecule has 0 radical (unpaired) electrons. The molecule has 0 bridgehead atoms. The van der Waals surface area contributed by atoms with Crippen LogP contribution in [0.2, 0.25) is 0 Å². The summed E-state index contributed by atoms with van der Waals surface area (Å²) in [5, 5.41) is 1.39. The number of hydroxylamine groups is 1. The van der Waals surface area contributed by atoms with Gasteiger partial charge in [0.05, 0.1) is 38.9 Å². The Hall–Kier alpha value is -4.29. The number of fused-ring (bicyclic) bond motifs is 1. The van der Waals surface area contributed by atoms with Gasteiger partial charge in [0.25, 0.3) is 0 Å². The van der Waals surface area contributed by atoms with Gasteiger partial charge in [0.2, 0.25) is 0 Å². The second kappa shape index (κ2) is 12.7. The maximum Gasteiger partial charge on any atom is 0.458 e. The van der Waals surface area contributed by atoms with Crippen LogP contribution in [0.15, 0.2) is 79.4 Å². The van der Waals surface area contributed by atoms with Crippen LogP contribution >= 0.6 is 7.75 Å². The number of ether oxygens (including phenoxy) is 1. The Morgan fingerprint density at radius 2 is 1.86 bits per heavy atom. The number of allylic oxidation sites excluding steroid dienone is 1. The standard InChI is InChI=1S/C28H32N7O6P/c1-38-23-12-9-19(10-13-23)15-24(35(39-2)21-6-4-3-5-7-21)28(36)41-42(30,37)40-16-20-8-11-22(14-20)34-18-33-25-26(29)31-17-32-27(25)34/h3-13,17-18,20,22,24H,14-16H2,1-2H3,(H2,30,37)(H2,29,31,32)/t20-,22+,24-,42?/m0/s1. The molecule has 1 aliphatic carbocycles. The zero-order valence-electron chi connectivity index (χ0n) is 23.1. The van der Waals surface area contributed by atoms with Crippen molar-refractivity contribution >= 4 is 36.4 Å². The van der Waals surface area contributed by atoms with Gasteiger partial charge < -0.3 is 19.6 Å². The maximum atomic E-state index is 13.5. The third kappa shape index (κ3) is 6.60. The van der Waals surface area contributed by atoms with E-state index in [1.165, 1.54) is 18.5 Å². The van der Waals surface area contributed by atoms with Crippen molar-refractivity contribution in [1.29, 1.82) is 0 Å². The van der Waals surface area contributed by atoms with Crippen LogP contribution < -0.4 is 21.0 Å². The highest BCUT2D eigenvalue weighted by Gasteiger charge is 2.35. The molecule has 4 atom stereocenters. The molecule has 42 heavy (non-hydrogen) atoms. The minimum atomic E-state index is -4.28. The number of imidazole rings is 1. The molecule has 2 heterocycles. The van der Waals surface area contributed by atoms with Crippen molar-refractivity contribution in [3.8, 4) is 5.75 Å². The van der Waals surface area contributed by atoms with Gasteiger partial charge in [-0.2, -0.15) is 0 Å².